The van der Waals surface area contributed by atoms with Gasteiger partial charge in [-0.25, -0.2) is 4.79 Å². The fraction of sp³-hybridized carbons (Fsp3) is 0.833. The Bertz CT molecular complexity index is 857. The third kappa shape index (κ3) is 5.37. The standard InChI is InChI=1S/C18H15F17O3/c1-2-10(36)37-7-8-3-5-9(6-4-8)38-18(34,35)16(29,30)14(25,26)12(21,22)11(19,20)13(23,24)15(27,28)17(31,32)33/h2,8-9H,1,3-7H2. The second-order valence-electron chi connectivity index (χ2n) is 8.06. The molecule has 1 rings (SSSR count). The van der Waals surface area contributed by atoms with Crippen LogP contribution in [-0.4, -0.2) is 66.5 Å². The van der Waals surface area contributed by atoms with Crippen LogP contribution in [0, 0.1) is 5.92 Å². The van der Waals surface area contributed by atoms with E-state index in [9.17, 15) is 79.4 Å². The number of halogens is 17. The molecule has 224 valence electrons. The molecule has 0 saturated heterocycles. The molecule has 0 heterocycles. The molecule has 0 radical (unpaired) electrons. The van der Waals surface area contributed by atoms with Crippen LogP contribution in [0.2, 0.25) is 0 Å². The summed E-state index contributed by atoms with van der Waals surface area (Å²) in [6.07, 6.45) is -18.2. The summed E-state index contributed by atoms with van der Waals surface area (Å²) in [6, 6.07) is 0. The number of hydrogen-bond acceptors (Lipinski definition) is 3. The molecule has 0 atom stereocenters. The largest absolute Gasteiger partial charge is 0.462 e. The Hall–Kier alpha value is -2.02. The molecule has 3 nitrogen and oxygen atoms in total. The summed E-state index contributed by atoms with van der Waals surface area (Å²) in [6.45, 7) is 2.69. The van der Waals surface area contributed by atoms with E-state index in [1.807, 2.05) is 0 Å². The van der Waals surface area contributed by atoms with E-state index in [1.165, 1.54) is 0 Å². The van der Waals surface area contributed by atoms with Gasteiger partial charge in [-0.1, -0.05) is 6.58 Å². The van der Waals surface area contributed by atoms with Gasteiger partial charge in [0.2, 0.25) is 0 Å². The fourth-order valence-electron chi connectivity index (χ4n) is 3.11. The summed E-state index contributed by atoms with van der Waals surface area (Å²) in [5.74, 6) is -51.9. The topological polar surface area (TPSA) is 35.5 Å². The van der Waals surface area contributed by atoms with Gasteiger partial charge >= 0.3 is 53.8 Å². The molecule has 0 bridgehead atoms. The molecule has 20 heteroatoms. The van der Waals surface area contributed by atoms with Crippen molar-refractivity contribution in [1.29, 1.82) is 0 Å². The van der Waals surface area contributed by atoms with E-state index in [2.05, 4.69) is 16.1 Å². The van der Waals surface area contributed by atoms with Crippen molar-refractivity contribution in [3.8, 4) is 0 Å². The summed E-state index contributed by atoms with van der Waals surface area (Å²) in [5, 5.41) is 0. The average Bonchev–Trinajstić information content (AvgIpc) is 2.76. The lowest BCUT2D eigenvalue weighted by Gasteiger charge is -2.43. The second-order valence-corrected chi connectivity index (χ2v) is 8.06. The number of esters is 1. The van der Waals surface area contributed by atoms with Gasteiger partial charge in [-0.3, -0.25) is 0 Å². The number of carbonyl (C=O) groups is 1. The van der Waals surface area contributed by atoms with Crippen LogP contribution in [0.3, 0.4) is 0 Å². The van der Waals surface area contributed by atoms with Crippen LogP contribution in [0.25, 0.3) is 0 Å². The van der Waals surface area contributed by atoms with E-state index in [-0.39, 0.29) is 19.4 Å². The molecule has 1 saturated carbocycles. The zero-order chi connectivity index (χ0) is 30.4. The molecule has 0 amide bonds. The Morgan fingerprint density at radius 2 is 1.00 bits per heavy atom. The van der Waals surface area contributed by atoms with Crippen LogP contribution in [0.15, 0.2) is 12.7 Å². The van der Waals surface area contributed by atoms with Crippen LogP contribution >= 0.6 is 0 Å². The SMILES string of the molecule is C=CC(=O)OCC1CCC(OC(F)(F)C(F)(F)C(F)(F)C(F)(F)C(F)(F)C(F)(F)C(F)(F)C(F)(F)F)CC1. The fourth-order valence-corrected chi connectivity index (χ4v) is 3.11. The quantitative estimate of drug-likeness (QED) is 0.142. The molecule has 38 heavy (non-hydrogen) atoms. The number of carbonyl (C=O) groups excluding carboxylic acids is 1. The number of hydrogen-bond donors (Lipinski definition) is 0. The molecule has 0 N–H and O–H groups in total. The Morgan fingerprint density at radius 3 is 1.37 bits per heavy atom. The van der Waals surface area contributed by atoms with Crippen LogP contribution < -0.4 is 0 Å². The second kappa shape index (κ2) is 10.2. The monoisotopic (exact) mass is 602 g/mol. The molecule has 0 unspecified atom stereocenters. The van der Waals surface area contributed by atoms with Gasteiger partial charge in [0.1, 0.15) is 0 Å². The van der Waals surface area contributed by atoms with Crippen LogP contribution in [0.4, 0.5) is 74.6 Å². The highest BCUT2D eigenvalue weighted by Gasteiger charge is 2.95. The summed E-state index contributed by atoms with van der Waals surface area (Å²) in [4.78, 5) is 11.0. The van der Waals surface area contributed by atoms with E-state index in [4.69, 9.17) is 0 Å². The van der Waals surface area contributed by atoms with Crippen LogP contribution in [-0.2, 0) is 14.3 Å². The summed E-state index contributed by atoms with van der Waals surface area (Å²) >= 11 is 0. The van der Waals surface area contributed by atoms with Gasteiger partial charge in [0, 0.05) is 6.08 Å². The smallest absolute Gasteiger partial charge is 0.460 e. The minimum Gasteiger partial charge on any atom is -0.462 e. The minimum atomic E-state index is -8.68. The van der Waals surface area contributed by atoms with E-state index >= 15 is 0 Å². The first-order chi connectivity index (χ1) is 16.7. The normalized spacial score (nSPS) is 21.3. The Kier molecular flexibility index (Phi) is 9.11. The van der Waals surface area contributed by atoms with Crippen molar-refractivity contribution < 1.29 is 88.9 Å². The van der Waals surface area contributed by atoms with Gasteiger partial charge in [0.15, 0.2) is 0 Å². The predicted octanol–water partition coefficient (Wildman–Crippen LogP) is 7.26. The zero-order valence-corrected chi connectivity index (χ0v) is 18.1. The molecule has 1 aliphatic rings. The van der Waals surface area contributed by atoms with Gasteiger partial charge in [-0.05, 0) is 31.6 Å². The maximum atomic E-state index is 13.9. The van der Waals surface area contributed by atoms with E-state index in [0.717, 1.165) is 6.08 Å². The van der Waals surface area contributed by atoms with Crippen molar-refractivity contribution in [3.05, 3.63) is 12.7 Å². The lowest BCUT2D eigenvalue weighted by molar-refractivity contribution is -0.480. The van der Waals surface area contributed by atoms with Gasteiger partial charge in [-0.15, -0.1) is 0 Å². The van der Waals surface area contributed by atoms with E-state index in [1.54, 1.807) is 0 Å². The first-order valence-corrected chi connectivity index (χ1v) is 9.84. The van der Waals surface area contributed by atoms with Crippen molar-refractivity contribution in [2.45, 2.75) is 79.6 Å². The third-order valence-corrected chi connectivity index (χ3v) is 5.43. The number of ether oxygens (including phenoxy) is 2. The van der Waals surface area contributed by atoms with Crippen molar-refractivity contribution >= 4 is 5.97 Å². The summed E-state index contributed by atoms with van der Waals surface area (Å²) in [7, 11) is 0. The minimum absolute atomic E-state index is 0.292. The van der Waals surface area contributed by atoms with Crippen molar-refractivity contribution in [3.63, 3.8) is 0 Å². The average molecular weight is 602 g/mol. The van der Waals surface area contributed by atoms with Gasteiger partial charge in [0.25, 0.3) is 0 Å². The van der Waals surface area contributed by atoms with Gasteiger partial charge < -0.3 is 9.47 Å². The molecule has 0 aromatic rings. The zero-order valence-electron chi connectivity index (χ0n) is 18.1. The van der Waals surface area contributed by atoms with Gasteiger partial charge in [0.05, 0.1) is 12.7 Å². The third-order valence-electron chi connectivity index (χ3n) is 5.43. The summed E-state index contributed by atoms with van der Waals surface area (Å²) < 4.78 is 233. The first kappa shape index (κ1) is 34.0. The van der Waals surface area contributed by atoms with Gasteiger partial charge in [-0.2, -0.15) is 74.6 Å². The Balaban J connectivity index is 3.22. The lowest BCUT2D eigenvalue weighted by Crippen LogP contribution is -2.74. The molecular formula is C18H15F17O3. The number of rotatable bonds is 11. The van der Waals surface area contributed by atoms with Crippen LogP contribution in [0.1, 0.15) is 25.7 Å². The highest BCUT2D eigenvalue weighted by Crippen LogP contribution is 2.64. The first-order valence-electron chi connectivity index (χ1n) is 9.84. The molecule has 0 aliphatic heterocycles. The molecule has 0 aromatic heterocycles. The van der Waals surface area contributed by atoms with E-state index in [0.29, 0.717) is 0 Å². The summed E-state index contributed by atoms with van der Waals surface area (Å²) in [5.41, 5.74) is 0. The predicted molar refractivity (Wildman–Crippen MR) is 88.7 cm³/mol. The maximum absolute atomic E-state index is 13.9. The molecule has 1 aliphatic carbocycles. The Morgan fingerprint density at radius 1 is 0.632 bits per heavy atom. The molecule has 0 spiro atoms. The van der Waals surface area contributed by atoms with E-state index < -0.39 is 78.7 Å². The Labute approximate surface area is 200 Å². The van der Waals surface area contributed by atoms with Crippen molar-refractivity contribution in [2.75, 3.05) is 6.61 Å². The van der Waals surface area contributed by atoms with Crippen molar-refractivity contribution in [2.24, 2.45) is 5.92 Å². The van der Waals surface area contributed by atoms with Crippen molar-refractivity contribution in [1.82, 2.24) is 0 Å². The highest BCUT2D eigenvalue weighted by atomic mass is 19.4. The number of alkyl halides is 17. The molecular weight excluding hydrogens is 587 g/mol. The lowest BCUT2D eigenvalue weighted by atomic mass is 9.87. The maximum Gasteiger partial charge on any atom is 0.460 e. The molecule has 0 aromatic carbocycles. The highest BCUT2D eigenvalue weighted by molar-refractivity contribution is 5.81. The molecule has 1 fully saturated rings. The van der Waals surface area contributed by atoms with Crippen LogP contribution in [0.5, 0.6) is 0 Å².